The van der Waals surface area contributed by atoms with Crippen molar-refractivity contribution in [3.8, 4) is 0 Å². The van der Waals surface area contributed by atoms with Gasteiger partial charge in [0.15, 0.2) is 0 Å². The van der Waals surface area contributed by atoms with E-state index in [-0.39, 0.29) is 50.5 Å². The molecule has 0 radical (unpaired) electrons. The normalized spacial score (nSPS) is 11.0. The second kappa shape index (κ2) is 13.0. The Labute approximate surface area is 133 Å². The predicted octanol–water partition coefficient (Wildman–Crippen LogP) is -0.555. The third kappa shape index (κ3) is 11.0. The van der Waals surface area contributed by atoms with Crippen LogP contribution < -0.4 is 21.3 Å². The minimum Gasteiger partial charge on any atom is -0.354 e. The summed E-state index contributed by atoms with van der Waals surface area (Å²) in [6.45, 7) is 6.50. The molecule has 0 rings (SSSR count). The van der Waals surface area contributed by atoms with E-state index in [4.69, 9.17) is 0 Å². The van der Waals surface area contributed by atoms with Gasteiger partial charge in [0, 0.05) is 25.4 Å². The Balaban J connectivity index is 0. The first-order valence-corrected chi connectivity index (χ1v) is 6.90. The number of likely N-dealkylation sites (N-methyl/N-ethyl adjacent to an activating group) is 2. The minimum absolute atomic E-state index is 0. The van der Waals surface area contributed by atoms with E-state index in [1.165, 1.54) is 6.92 Å². The Morgan fingerprint density at radius 2 is 1.55 bits per heavy atom. The summed E-state index contributed by atoms with van der Waals surface area (Å²) in [5, 5.41) is 11.0. The number of rotatable bonds is 11. The summed E-state index contributed by atoms with van der Waals surface area (Å²) in [5.41, 5.74) is 0.834. The van der Waals surface area contributed by atoms with E-state index in [2.05, 4.69) is 27.8 Å². The Morgan fingerprint density at radius 1 is 0.955 bits per heavy atom. The molecular formula is C15H30N4O3. The third-order valence-corrected chi connectivity index (χ3v) is 2.83. The van der Waals surface area contributed by atoms with Gasteiger partial charge in [0.2, 0.25) is 11.8 Å². The molecule has 0 aliphatic rings. The van der Waals surface area contributed by atoms with E-state index in [1.54, 1.807) is 14.1 Å². The minimum atomic E-state index is -0.227. The maximum atomic E-state index is 11.8. The molecule has 7 heteroatoms. The van der Waals surface area contributed by atoms with Crippen molar-refractivity contribution in [1.82, 2.24) is 21.3 Å². The van der Waals surface area contributed by atoms with E-state index in [9.17, 15) is 14.4 Å². The van der Waals surface area contributed by atoms with Crippen molar-refractivity contribution < 1.29 is 14.4 Å². The van der Waals surface area contributed by atoms with Gasteiger partial charge in [-0.1, -0.05) is 19.6 Å². The average Bonchev–Trinajstić information content (AvgIpc) is 2.41. The molecule has 0 bridgehead atoms. The first-order valence-electron chi connectivity index (χ1n) is 6.90. The Bertz CT molecular complexity index is 383. The van der Waals surface area contributed by atoms with Gasteiger partial charge in [0.1, 0.15) is 5.78 Å². The lowest BCUT2D eigenvalue weighted by Gasteiger charge is -2.20. The summed E-state index contributed by atoms with van der Waals surface area (Å²) in [6.07, 6.45) is 0.188. The molecule has 0 saturated heterocycles. The highest BCUT2D eigenvalue weighted by Crippen LogP contribution is 2.12. The van der Waals surface area contributed by atoms with E-state index < -0.39 is 0 Å². The standard InChI is InChI=1S/C14H26N4O3.CH4/c1-10(6-15-3)12(8-18-14(21)9-16-4)5-13(20)17-7-11(2)19;/h12,15-16H,1,5-9H2,2-4H3,(H,17,20)(H,18,21);1H4. The van der Waals surface area contributed by atoms with Crippen LogP contribution in [0, 0.1) is 5.92 Å². The van der Waals surface area contributed by atoms with Crippen molar-refractivity contribution in [2.75, 3.05) is 40.3 Å². The van der Waals surface area contributed by atoms with E-state index in [0.717, 1.165) is 5.57 Å². The molecule has 128 valence electrons. The van der Waals surface area contributed by atoms with Crippen LogP contribution in [-0.4, -0.2) is 57.9 Å². The van der Waals surface area contributed by atoms with Gasteiger partial charge in [-0.25, -0.2) is 0 Å². The van der Waals surface area contributed by atoms with Crippen LogP contribution in [-0.2, 0) is 14.4 Å². The molecule has 2 amide bonds. The zero-order valence-electron chi connectivity index (χ0n) is 13.0. The third-order valence-electron chi connectivity index (χ3n) is 2.83. The van der Waals surface area contributed by atoms with E-state index >= 15 is 0 Å². The van der Waals surface area contributed by atoms with Gasteiger partial charge < -0.3 is 21.3 Å². The Kier molecular flexibility index (Phi) is 13.3. The van der Waals surface area contributed by atoms with Crippen molar-refractivity contribution >= 4 is 17.6 Å². The van der Waals surface area contributed by atoms with E-state index in [0.29, 0.717) is 13.1 Å². The lowest BCUT2D eigenvalue weighted by Crippen LogP contribution is -2.39. The summed E-state index contributed by atoms with van der Waals surface area (Å²) >= 11 is 0. The second-order valence-electron chi connectivity index (χ2n) is 4.90. The predicted molar refractivity (Wildman–Crippen MR) is 88.5 cm³/mol. The van der Waals surface area contributed by atoms with Crippen LogP contribution in [0.2, 0.25) is 0 Å². The molecule has 7 nitrogen and oxygen atoms in total. The molecular weight excluding hydrogens is 284 g/mol. The Morgan fingerprint density at radius 3 is 2.05 bits per heavy atom. The number of carbonyl (C=O) groups is 3. The molecule has 4 N–H and O–H groups in total. The number of carbonyl (C=O) groups excluding carboxylic acids is 3. The zero-order valence-corrected chi connectivity index (χ0v) is 13.0. The highest BCUT2D eigenvalue weighted by molar-refractivity contribution is 5.84. The number of amides is 2. The van der Waals surface area contributed by atoms with Crippen LogP contribution in [0.1, 0.15) is 20.8 Å². The fraction of sp³-hybridized carbons (Fsp3) is 0.667. The SMILES string of the molecule is C.C=C(CNC)C(CNC(=O)CNC)CC(=O)NCC(C)=O. The second-order valence-corrected chi connectivity index (χ2v) is 4.90. The highest BCUT2D eigenvalue weighted by Gasteiger charge is 2.17. The molecule has 0 saturated carbocycles. The van der Waals surface area contributed by atoms with Crippen LogP contribution in [0.25, 0.3) is 0 Å². The summed E-state index contributed by atoms with van der Waals surface area (Å²) < 4.78 is 0. The maximum Gasteiger partial charge on any atom is 0.233 e. The number of ketones is 1. The lowest BCUT2D eigenvalue weighted by atomic mass is 9.96. The molecule has 0 aromatic rings. The van der Waals surface area contributed by atoms with E-state index in [1.807, 2.05) is 0 Å². The largest absolute Gasteiger partial charge is 0.354 e. The topological polar surface area (TPSA) is 99.3 Å². The summed E-state index contributed by atoms with van der Waals surface area (Å²) in [5.74, 6) is -0.638. The Hall–Kier alpha value is -1.73. The van der Waals surface area contributed by atoms with Crippen LogP contribution in [0.3, 0.4) is 0 Å². The van der Waals surface area contributed by atoms with Crippen molar-refractivity contribution in [3.63, 3.8) is 0 Å². The molecule has 0 heterocycles. The van der Waals surface area contributed by atoms with Crippen molar-refractivity contribution in [1.29, 1.82) is 0 Å². The zero-order chi connectivity index (χ0) is 16.3. The summed E-state index contributed by atoms with van der Waals surface area (Å²) in [7, 11) is 3.48. The number of hydrogen-bond acceptors (Lipinski definition) is 5. The molecule has 22 heavy (non-hydrogen) atoms. The maximum absolute atomic E-state index is 11.8. The smallest absolute Gasteiger partial charge is 0.233 e. The first kappa shape index (κ1) is 22.5. The first-order chi connectivity index (χ1) is 9.90. The average molecular weight is 314 g/mol. The lowest BCUT2D eigenvalue weighted by molar-refractivity contribution is -0.125. The molecule has 1 unspecified atom stereocenters. The fourth-order valence-electron chi connectivity index (χ4n) is 1.71. The van der Waals surface area contributed by atoms with Gasteiger partial charge in [-0.05, 0) is 21.0 Å². The van der Waals surface area contributed by atoms with Crippen molar-refractivity contribution in [3.05, 3.63) is 12.2 Å². The molecule has 0 aromatic heterocycles. The van der Waals surface area contributed by atoms with Crippen molar-refractivity contribution in [2.24, 2.45) is 5.92 Å². The molecule has 1 atom stereocenters. The monoisotopic (exact) mass is 314 g/mol. The molecule has 0 aliphatic carbocycles. The van der Waals surface area contributed by atoms with Crippen LogP contribution >= 0.6 is 0 Å². The molecule has 0 aliphatic heterocycles. The van der Waals surface area contributed by atoms with Gasteiger partial charge >= 0.3 is 0 Å². The summed E-state index contributed by atoms with van der Waals surface area (Å²) in [6, 6.07) is 0. The fourth-order valence-corrected chi connectivity index (χ4v) is 1.71. The molecule has 0 spiro atoms. The van der Waals surface area contributed by atoms with Gasteiger partial charge in [0.05, 0.1) is 13.1 Å². The van der Waals surface area contributed by atoms with Gasteiger partial charge in [-0.15, -0.1) is 0 Å². The van der Waals surface area contributed by atoms with Crippen LogP contribution in [0.15, 0.2) is 12.2 Å². The highest BCUT2D eigenvalue weighted by atomic mass is 16.2. The van der Waals surface area contributed by atoms with Crippen LogP contribution in [0.5, 0.6) is 0 Å². The van der Waals surface area contributed by atoms with Gasteiger partial charge in [0.25, 0.3) is 0 Å². The van der Waals surface area contributed by atoms with Crippen molar-refractivity contribution in [2.45, 2.75) is 20.8 Å². The van der Waals surface area contributed by atoms with Crippen LogP contribution in [0.4, 0.5) is 0 Å². The van der Waals surface area contributed by atoms with Gasteiger partial charge in [-0.3, -0.25) is 14.4 Å². The van der Waals surface area contributed by atoms with Gasteiger partial charge in [-0.2, -0.15) is 0 Å². The number of nitrogens with one attached hydrogen (secondary N) is 4. The number of hydrogen-bond donors (Lipinski definition) is 4. The molecule has 0 fully saturated rings. The molecule has 0 aromatic carbocycles. The summed E-state index contributed by atoms with van der Waals surface area (Å²) in [4.78, 5) is 34.1. The quantitative estimate of drug-likeness (QED) is 0.383. The number of Topliss-reactive ketones (excluding diaryl/α,β-unsaturated/α-hetero) is 1.